The Labute approximate surface area is 120 Å². The predicted octanol–water partition coefficient (Wildman–Crippen LogP) is 3.02. The molecule has 0 radical (unpaired) electrons. The van der Waals surface area contributed by atoms with Crippen LogP contribution in [0.1, 0.15) is 5.56 Å². The minimum atomic E-state index is -3.41. The summed E-state index contributed by atoms with van der Waals surface area (Å²) in [5.41, 5.74) is 1.05. The number of hydrogen-bond acceptors (Lipinski definition) is 2. The molecular formula is C16H17NO2S. The molecule has 0 N–H and O–H groups in total. The largest absolute Gasteiger partial charge is 0.243 e. The normalized spacial score (nSPS) is 12.1. The smallest absolute Gasteiger partial charge is 0.207 e. The van der Waals surface area contributed by atoms with Gasteiger partial charge in [0.15, 0.2) is 0 Å². The maximum Gasteiger partial charge on any atom is 0.243 e. The zero-order valence-electron chi connectivity index (χ0n) is 11.3. The van der Waals surface area contributed by atoms with Crippen molar-refractivity contribution in [1.29, 1.82) is 0 Å². The van der Waals surface area contributed by atoms with Gasteiger partial charge < -0.3 is 0 Å². The van der Waals surface area contributed by atoms with Crippen molar-refractivity contribution < 1.29 is 8.42 Å². The van der Waals surface area contributed by atoms with Gasteiger partial charge in [-0.3, -0.25) is 0 Å². The van der Waals surface area contributed by atoms with Crippen molar-refractivity contribution in [3.63, 3.8) is 0 Å². The lowest BCUT2D eigenvalue weighted by Gasteiger charge is -2.15. The van der Waals surface area contributed by atoms with Crippen LogP contribution in [0.3, 0.4) is 0 Å². The highest BCUT2D eigenvalue weighted by molar-refractivity contribution is 7.89. The van der Waals surface area contributed by atoms with Gasteiger partial charge in [0.05, 0.1) is 4.90 Å². The van der Waals surface area contributed by atoms with Gasteiger partial charge in [0.1, 0.15) is 0 Å². The molecule has 3 nitrogen and oxygen atoms in total. The second-order valence-corrected chi connectivity index (χ2v) is 6.46. The van der Waals surface area contributed by atoms with E-state index in [1.807, 2.05) is 42.5 Å². The minimum absolute atomic E-state index is 0.315. The molecule has 2 aromatic carbocycles. The highest BCUT2D eigenvalue weighted by Gasteiger charge is 2.18. The third-order valence-electron chi connectivity index (χ3n) is 2.92. The molecule has 0 saturated heterocycles. The van der Waals surface area contributed by atoms with Gasteiger partial charge in [-0.2, -0.15) is 4.31 Å². The summed E-state index contributed by atoms with van der Waals surface area (Å²) in [6.45, 7) is 0.339. The first-order chi connectivity index (χ1) is 9.60. The second-order valence-electron chi connectivity index (χ2n) is 4.41. The van der Waals surface area contributed by atoms with E-state index >= 15 is 0 Å². The summed E-state index contributed by atoms with van der Waals surface area (Å²) in [4.78, 5) is 0.315. The van der Waals surface area contributed by atoms with Crippen LogP contribution in [0.5, 0.6) is 0 Å². The van der Waals surface area contributed by atoms with Gasteiger partial charge in [0, 0.05) is 13.6 Å². The first kappa shape index (κ1) is 14.5. The van der Waals surface area contributed by atoms with Crippen LogP contribution in [-0.2, 0) is 10.0 Å². The van der Waals surface area contributed by atoms with Gasteiger partial charge in [-0.25, -0.2) is 8.42 Å². The van der Waals surface area contributed by atoms with E-state index in [2.05, 4.69) is 0 Å². The van der Waals surface area contributed by atoms with Crippen molar-refractivity contribution in [3.05, 3.63) is 72.3 Å². The van der Waals surface area contributed by atoms with Crippen LogP contribution in [0.15, 0.2) is 71.6 Å². The second kappa shape index (κ2) is 6.50. The van der Waals surface area contributed by atoms with E-state index in [1.54, 1.807) is 37.4 Å². The quantitative estimate of drug-likeness (QED) is 0.847. The summed E-state index contributed by atoms with van der Waals surface area (Å²) in [5, 5.41) is 0. The van der Waals surface area contributed by atoms with Crippen molar-refractivity contribution in [1.82, 2.24) is 4.31 Å². The fourth-order valence-corrected chi connectivity index (χ4v) is 2.92. The molecule has 0 aliphatic rings. The lowest BCUT2D eigenvalue weighted by molar-refractivity contribution is 0.499. The van der Waals surface area contributed by atoms with Crippen molar-refractivity contribution in [2.75, 3.05) is 13.6 Å². The third-order valence-corrected chi connectivity index (χ3v) is 4.76. The van der Waals surface area contributed by atoms with Gasteiger partial charge in [-0.15, -0.1) is 0 Å². The van der Waals surface area contributed by atoms with Crippen LogP contribution in [0.2, 0.25) is 0 Å². The monoisotopic (exact) mass is 287 g/mol. The van der Waals surface area contributed by atoms with Gasteiger partial charge in [-0.1, -0.05) is 60.7 Å². The van der Waals surface area contributed by atoms with E-state index in [4.69, 9.17) is 0 Å². The average molecular weight is 287 g/mol. The van der Waals surface area contributed by atoms with Crippen LogP contribution in [0.4, 0.5) is 0 Å². The molecule has 0 atom stereocenters. The van der Waals surface area contributed by atoms with Crippen LogP contribution >= 0.6 is 0 Å². The summed E-state index contributed by atoms with van der Waals surface area (Å²) < 4.78 is 25.9. The van der Waals surface area contributed by atoms with Crippen molar-refractivity contribution in [2.24, 2.45) is 0 Å². The maximum absolute atomic E-state index is 12.3. The molecule has 0 fully saturated rings. The molecule has 20 heavy (non-hydrogen) atoms. The van der Waals surface area contributed by atoms with Crippen molar-refractivity contribution >= 4 is 16.1 Å². The van der Waals surface area contributed by atoms with Crippen molar-refractivity contribution in [3.8, 4) is 0 Å². The first-order valence-electron chi connectivity index (χ1n) is 6.34. The lowest BCUT2D eigenvalue weighted by Crippen LogP contribution is -2.26. The molecule has 0 spiro atoms. The summed E-state index contributed by atoms with van der Waals surface area (Å²) >= 11 is 0. The molecule has 104 valence electrons. The predicted molar refractivity (Wildman–Crippen MR) is 81.7 cm³/mol. The van der Waals surface area contributed by atoms with Crippen molar-refractivity contribution in [2.45, 2.75) is 4.90 Å². The summed E-state index contributed by atoms with van der Waals surface area (Å²) in [7, 11) is -1.83. The molecule has 0 aliphatic carbocycles. The van der Waals surface area contributed by atoms with Gasteiger partial charge in [-0.05, 0) is 17.7 Å². The first-order valence-corrected chi connectivity index (χ1v) is 7.78. The van der Waals surface area contributed by atoms with Gasteiger partial charge >= 0.3 is 0 Å². The van der Waals surface area contributed by atoms with Gasteiger partial charge in [0.25, 0.3) is 0 Å². The average Bonchev–Trinajstić information content (AvgIpc) is 2.49. The van der Waals surface area contributed by atoms with E-state index < -0.39 is 10.0 Å². The van der Waals surface area contributed by atoms with Crippen LogP contribution in [-0.4, -0.2) is 26.3 Å². The van der Waals surface area contributed by atoms with Crippen LogP contribution in [0, 0.1) is 0 Å². The molecule has 0 bridgehead atoms. The Morgan fingerprint density at radius 3 is 2.10 bits per heavy atom. The molecule has 0 aromatic heterocycles. The fourth-order valence-electron chi connectivity index (χ4n) is 1.77. The van der Waals surface area contributed by atoms with E-state index in [9.17, 15) is 8.42 Å². The molecule has 0 heterocycles. The number of benzene rings is 2. The molecule has 0 aliphatic heterocycles. The Balaban J connectivity index is 2.05. The number of sulfonamides is 1. The summed E-state index contributed by atoms with van der Waals surface area (Å²) in [6, 6.07) is 18.2. The van der Waals surface area contributed by atoms with Crippen LogP contribution in [0.25, 0.3) is 6.08 Å². The Bertz CT molecular complexity index is 664. The fraction of sp³-hybridized carbons (Fsp3) is 0.125. The highest BCUT2D eigenvalue weighted by atomic mass is 32.2. The molecule has 2 aromatic rings. The van der Waals surface area contributed by atoms with E-state index in [1.165, 1.54) is 4.31 Å². The van der Waals surface area contributed by atoms with E-state index in [0.29, 0.717) is 11.4 Å². The number of nitrogens with zero attached hydrogens (tertiary/aromatic N) is 1. The Morgan fingerprint density at radius 2 is 1.50 bits per heavy atom. The molecular weight excluding hydrogens is 270 g/mol. The molecule has 0 amide bonds. The Kier molecular flexibility index (Phi) is 4.71. The molecule has 4 heteroatoms. The molecule has 2 rings (SSSR count). The zero-order valence-corrected chi connectivity index (χ0v) is 12.1. The van der Waals surface area contributed by atoms with E-state index in [-0.39, 0.29) is 0 Å². The SMILES string of the molecule is CN(C/C=C/c1ccccc1)S(=O)(=O)c1ccccc1. The molecule has 0 saturated carbocycles. The highest BCUT2D eigenvalue weighted by Crippen LogP contribution is 2.13. The number of hydrogen-bond donors (Lipinski definition) is 0. The summed E-state index contributed by atoms with van der Waals surface area (Å²) in [6.07, 6.45) is 3.76. The topological polar surface area (TPSA) is 37.4 Å². The third kappa shape index (κ3) is 3.56. The van der Waals surface area contributed by atoms with E-state index in [0.717, 1.165) is 5.56 Å². The number of rotatable bonds is 5. The Morgan fingerprint density at radius 1 is 0.950 bits per heavy atom. The summed E-state index contributed by atoms with van der Waals surface area (Å²) in [5.74, 6) is 0. The Hall–Kier alpha value is -1.91. The minimum Gasteiger partial charge on any atom is -0.207 e. The zero-order chi connectivity index (χ0) is 14.4. The van der Waals surface area contributed by atoms with Crippen LogP contribution < -0.4 is 0 Å². The molecule has 0 unspecified atom stereocenters. The maximum atomic E-state index is 12.3. The number of likely N-dealkylation sites (N-methyl/N-ethyl adjacent to an activating group) is 1. The van der Waals surface area contributed by atoms with Gasteiger partial charge in [0.2, 0.25) is 10.0 Å². The standard InChI is InChI=1S/C16H17NO2S/c1-17(14-8-11-15-9-4-2-5-10-15)20(18,19)16-12-6-3-7-13-16/h2-13H,14H2,1H3/b11-8+. The lowest BCUT2D eigenvalue weighted by atomic mass is 10.2.